The number of allylic oxidation sites excluding steroid dienone is 1. The molecule has 0 aliphatic carbocycles. The molecule has 1 aromatic heterocycles. The molecule has 0 atom stereocenters. The molecule has 28 heavy (non-hydrogen) atoms. The number of halogens is 7. The van der Waals surface area contributed by atoms with E-state index in [1.54, 1.807) is 19.9 Å². The Hall–Kier alpha value is -2.22. The maximum Gasteiger partial charge on any atom is 0.450 e. The Labute approximate surface area is 164 Å². The predicted molar refractivity (Wildman–Crippen MR) is 98.8 cm³/mol. The van der Waals surface area contributed by atoms with Crippen molar-refractivity contribution < 1.29 is 30.8 Å². The van der Waals surface area contributed by atoms with Gasteiger partial charge in [-0.25, -0.2) is 0 Å². The zero-order valence-electron chi connectivity index (χ0n) is 14.6. The van der Waals surface area contributed by atoms with Gasteiger partial charge < -0.3 is 4.42 Å². The number of fused-ring (bicyclic) bond motifs is 1. The molecule has 0 spiro atoms. The fourth-order valence-corrected chi connectivity index (χ4v) is 3.26. The van der Waals surface area contributed by atoms with Crippen LogP contribution in [0.3, 0.4) is 0 Å². The first kappa shape index (κ1) is 20.5. The molecule has 0 unspecified atom stereocenters. The number of furan rings is 1. The van der Waals surface area contributed by atoms with Crippen molar-refractivity contribution >= 4 is 38.5 Å². The van der Waals surface area contributed by atoms with Crippen LogP contribution in [0.5, 0.6) is 0 Å². The summed E-state index contributed by atoms with van der Waals surface area (Å²) in [5.74, 6) is -1.67. The lowest BCUT2D eigenvalue weighted by Gasteiger charge is -2.15. The summed E-state index contributed by atoms with van der Waals surface area (Å²) in [4.78, 5) is 0. The van der Waals surface area contributed by atoms with Gasteiger partial charge in [0.25, 0.3) is 0 Å². The lowest BCUT2D eigenvalue weighted by Crippen LogP contribution is -2.15. The number of hydrogen-bond acceptors (Lipinski definition) is 1. The second-order valence-corrected chi connectivity index (χ2v) is 7.24. The van der Waals surface area contributed by atoms with E-state index in [1.807, 2.05) is 0 Å². The molecule has 8 heteroatoms. The fourth-order valence-electron chi connectivity index (χ4n) is 2.90. The molecule has 0 N–H and O–H groups in total. The monoisotopic (exact) mass is 462 g/mol. The van der Waals surface area contributed by atoms with E-state index in [4.69, 9.17) is 4.42 Å². The highest BCUT2D eigenvalue weighted by atomic mass is 79.9. The number of hydrogen-bond donors (Lipinski definition) is 0. The molecule has 0 aliphatic heterocycles. The van der Waals surface area contributed by atoms with Crippen LogP contribution >= 0.6 is 15.9 Å². The lowest BCUT2D eigenvalue weighted by atomic mass is 9.97. The summed E-state index contributed by atoms with van der Waals surface area (Å²) in [5, 5.41) is -0.236. The van der Waals surface area contributed by atoms with Crippen LogP contribution in [0.15, 0.2) is 45.3 Å². The lowest BCUT2D eigenvalue weighted by molar-refractivity contribution is -0.152. The van der Waals surface area contributed by atoms with Gasteiger partial charge in [0.1, 0.15) is 5.58 Å². The third kappa shape index (κ3) is 3.97. The SMILES string of the molecule is Cc1ccc(Br)c(C=C(c2c(C(F)(F)F)oc3ccc(C)cc23)C(F)(F)F)c1. The number of aryl methyl sites for hydroxylation is 2. The summed E-state index contributed by atoms with van der Waals surface area (Å²) < 4.78 is 87.4. The minimum Gasteiger partial charge on any atom is -0.451 e. The van der Waals surface area contributed by atoms with Crippen molar-refractivity contribution in [1.82, 2.24) is 0 Å². The Morgan fingerprint density at radius 1 is 0.929 bits per heavy atom. The molecule has 1 nitrogen and oxygen atoms in total. The second-order valence-electron chi connectivity index (χ2n) is 6.38. The summed E-state index contributed by atoms with van der Waals surface area (Å²) in [6, 6.07) is 8.64. The molecular formula is C20H13BrF6O. The summed E-state index contributed by atoms with van der Waals surface area (Å²) in [5.41, 5.74) is -1.39. The van der Waals surface area contributed by atoms with Crippen molar-refractivity contribution in [3.63, 3.8) is 0 Å². The maximum absolute atomic E-state index is 13.9. The molecule has 2 aromatic carbocycles. The first-order chi connectivity index (χ1) is 12.9. The van der Waals surface area contributed by atoms with Crippen molar-refractivity contribution in [3.05, 3.63) is 68.9 Å². The molecule has 0 saturated carbocycles. The maximum atomic E-state index is 13.9. The van der Waals surface area contributed by atoms with E-state index in [2.05, 4.69) is 15.9 Å². The van der Waals surface area contributed by atoms with Crippen LogP contribution in [-0.4, -0.2) is 6.18 Å². The van der Waals surface area contributed by atoms with Crippen molar-refractivity contribution in [2.24, 2.45) is 0 Å². The number of rotatable bonds is 2. The number of alkyl halides is 6. The van der Waals surface area contributed by atoms with Crippen LogP contribution in [-0.2, 0) is 6.18 Å². The molecule has 0 aliphatic rings. The van der Waals surface area contributed by atoms with Crippen molar-refractivity contribution in [3.8, 4) is 0 Å². The highest BCUT2D eigenvalue weighted by Crippen LogP contribution is 2.47. The minimum absolute atomic E-state index is 0.113. The molecule has 0 radical (unpaired) electrons. The Morgan fingerprint density at radius 3 is 2.14 bits per heavy atom. The summed E-state index contributed by atoms with van der Waals surface area (Å²) >= 11 is 3.15. The van der Waals surface area contributed by atoms with E-state index in [1.165, 1.54) is 30.3 Å². The van der Waals surface area contributed by atoms with Gasteiger partial charge in [-0.05, 0) is 43.7 Å². The van der Waals surface area contributed by atoms with E-state index in [0.717, 1.165) is 0 Å². The van der Waals surface area contributed by atoms with Gasteiger partial charge in [-0.2, -0.15) is 26.3 Å². The highest BCUT2D eigenvalue weighted by Gasteiger charge is 2.45. The van der Waals surface area contributed by atoms with Crippen molar-refractivity contribution in [2.45, 2.75) is 26.2 Å². The summed E-state index contributed by atoms with van der Waals surface area (Å²) in [7, 11) is 0. The first-order valence-electron chi connectivity index (χ1n) is 8.03. The van der Waals surface area contributed by atoms with Crippen LogP contribution in [0, 0.1) is 13.8 Å². The van der Waals surface area contributed by atoms with Gasteiger partial charge in [0.2, 0.25) is 5.76 Å². The third-order valence-electron chi connectivity index (χ3n) is 4.13. The zero-order valence-corrected chi connectivity index (χ0v) is 16.2. The normalized spacial score (nSPS) is 13.4. The average molecular weight is 463 g/mol. The van der Waals surface area contributed by atoms with Gasteiger partial charge in [0, 0.05) is 15.4 Å². The highest BCUT2D eigenvalue weighted by molar-refractivity contribution is 9.10. The quantitative estimate of drug-likeness (QED) is 0.352. The van der Waals surface area contributed by atoms with Crippen molar-refractivity contribution in [1.29, 1.82) is 0 Å². The minimum atomic E-state index is -5.09. The molecule has 0 fully saturated rings. The van der Waals surface area contributed by atoms with Crippen LogP contribution in [0.1, 0.15) is 28.0 Å². The Morgan fingerprint density at radius 2 is 1.54 bits per heavy atom. The molecule has 3 aromatic rings. The van der Waals surface area contributed by atoms with Gasteiger partial charge >= 0.3 is 12.4 Å². The molecule has 0 saturated heterocycles. The van der Waals surface area contributed by atoms with E-state index < -0.39 is 29.2 Å². The molecule has 0 amide bonds. The molecular weight excluding hydrogens is 450 g/mol. The van der Waals surface area contributed by atoms with E-state index >= 15 is 0 Å². The first-order valence-corrected chi connectivity index (χ1v) is 8.83. The standard InChI is InChI=1S/C20H13BrF6O/c1-10-3-5-15(21)12(7-10)9-14(19(22,23)24)17-13-8-11(2)4-6-16(13)28-18(17)20(25,26)27/h3-9H,1-2H3. The van der Waals surface area contributed by atoms with Crippen LogP contribution in [0.25, 0.3) is 22.6 Å². The number of benzene rings is 2. The zero-order chi connectivity index (χ0) is 20.9. The molecule has 3 rings (SSSR count). The predicted octanol–water partition coefficient (Wildman–Crippen LogP) is 7.93. The van der Waals surface area contributed by atoms with Gasteiger partial charge in [-0.3, -0.25) is 0 Å². The van der Waals surface area contributed by atoms with Gasteiger partial charge in [-0.1, -0.05) is 45.3 Å². The van der Waals surface area contributed by atoms with Crippen LogP contribution < -0.4 is 0 Å². The second kappa shape index (κ2) is 6.99. The Kier molecular flexibility index (Phi) is 5.12. The van der Waals surface area contributed by atoms with E-state index in [0.29, 0.717) is 21.7 Å². The molecule has 1 heterocycles. The van der Waals surface area contributed by atoms with Gasteiger partial charge in [0.05, 0.1) is 5.57 Å². The summed E-state index contributed by atoms with van der Waals surface area (Å²) in [6.45, 7) is 3.26. The van der Waals surface area contributed by atoms with Crippen LogP contribution in [0.4, 0.5) is 26.3 Å². The van der Waals surface area contributed by atoms with Gasteiger partial charge in [0.15, 0.2) is 0 Å². The van der Waals surface area contributed by atoms with Crippen LogP contribution in [0.2, 0.25) is 0 Å². The van der Waals surface area contributed by atoms with Crippen molar-refractivity contribution in [2.75, 3.05) is 0 Å². The van der Waals surface area contributed by atoms with E-state index in [9.17, 15) is 26.3 Å². The third-order valence-corrected chi connectivity index (χ3v) is 4.85. The van der Waals surface area contributed by atoms with E-state index in [-0.39, 0.29) is 16.5 Å². The molecule has 148 valence electrons. The smallest absolute Gasteiger partial charge is 0.450 e. The molecule has 0 bridgehead atoms. The average Bonchev–Trinajstić information content (AvgIpc) is 2.93. The topological polar surface area (TPSA) is 13.1 Å². The summed E-state index contributed by atoms with van der Waals surface area (Å²) in [6.07, 6.45) is -9.42. The Bertz CT molecular complexity index is 1070. The fraction of sp³-hybridized carbons (Fsp3) is 0.200. The Balaban J connectivity index is 2.42. The largest absolute Gasteiger partial charge is 0.451 e. The van der Waals surface area contributed by atoms with Gasteiger partial charge in [-0.15, -0.1) is 0 Å².